The Bertz CT molecular complexity index is 650. The summed E-state index contributed by atoms with van der Waals surface area (Å²) in [6.45, 7) is 0. The van der Waals surface area contributed by atoms with E-state index < -0.39 is 11.9 Å². The minimum Gasteiger partial charge on any atom is -0.478 e. The van der Waals surface area contributed by atoms with Crippen molar-refractivity contribution in [2.24, 2.45) is 0 Å². The highest BCUT2D eigenvalue weighted by atomic mass is 16.5. The van der Waals surface area contributed by atoms with Crippen molar-refractivity contribution in [2.75, 3.05) is 12.8 Å². The number of hydrogen-bond acceptors (Lipinski definition) is 6. The molecule has 0 saturated heterocycles. The van der Waals surface area contributed by atoms with E-state index in [0.29, 0.717) is 0 Å². The van der Waals surface area contributed by atoms with Gasteiger partial charge < -0.3 is 15.6 Å². The second kappa shape index (κ2) is 4.77. The molecule has 0 atom stereocenters. The molecule has 0 unspecified atom stereocenters. The van der Waals surface area contributed by atoms with Gasteiger partial charge in [-0.15, -0.1) is 5.10 Å². The van der Waals surface area contributed by atoms with Crippen molar-refractivity contribution < 1.29 is 19.4 Å². The Morgan fingerprint density at radius 3 is 2.79 bits per heavy atom. The average molecular weight is 262 g/mol. The van der Waals surface area contributed by atoms with Crippen molar-refractivity contribution in [3.8, 4) is 5.69 Å². The molecule has 98 valence electrons. The maximum absolute atomic E-state index is 11.3. The predicted molar refractivity (Wildman–Crippen MR) is 64.1 cm³/mol. The van der Waals surface area contributed by atoms with Gasteiger partial charge in [-0.05, 0) is 12.1 Å². The minimum absolute atomic E-state index is 0.0404. The van der Waals surface area contributed by atoms with Gasteiger partial charge in [0.1, 0.15) is 12.0 Å². The number of nitrogens with zero attached hydrogens (tertiary/aromatic N) is 3. The molecule has 0 aliphatic rings. The summed E-state index contributed by atoms with van der Waals surface area (Å²) in [5.74, 6) is -2.05. The highest BCUT2D eigenvalue weighted by Crippen LogP contribution is 2.21. The molecule has 3 N–H and O–H groups in total. The molecule has 0 radical (unpaired) electrons. The molecule has 8 nitrogen and oxygen atoms in total. The molecule has 1 aromatic carbocycles. The Labute approximate surface area is 107 Å². The zero-order valence-corrected chi connectivity index (χ0v) is 9.90. The largest absolute Gasteiger partial charge is 0.478 e. The molecule has 0 saturated carbocycles. The molecule has 0 bridgehead atoms. The number of carbonyl (C=O) groups is 2. The van der Waals surface area contributed by atoms with Crippen molar-refractivity contribution in [1.29, 1.82) is 0 Å². The Kier molecular flexibility index (Phi) is 3.15. The lowest BCUT2D eigenvalue weighted by Gasteiger charge is -2.08. The molecule has 0 fully saturated rings. The van der Waals surface area contributed by atoms with Crippen LogP contribution in [0.3, 0.4) is 0 Å². The first-order valence-corrected chi connectivity index (χ1v) is 5.16. The molecule has 0 amide bonds. The second-order valence-electron chi connectivity index (χ2n) is 3.55. The third-order valence-electron chi connectivity index (χ3n) is 2.39. The smallest absolute Gasteiger partial charge is 0.377 e. The first-order valence-electron chi connectivity index (χ1n) is 5.16. The van der Waals surface area contributed by atoms with Crippen molar-refractivity contribution in [1.82, 2.24) is 14.8 Å². The second-order valence-corrected chi connectivity index (χ2v) is 3.55. The van der Waals surface area contributed by atoms with Crippen LogP contribution in [-0.2, 0) is 4.74 Å². The zero-order valence-electron chi connectivity index (χ0n) is 9.90. The number of esters is 1. The van der Waals surface area contributed by atoms with Gasteiger partial charge in [0.25, 0.3) is 5.82 Å². The van der Waals surface area contributed by atoms with Crippen LogP contribution in [0.15, 0.2) is 24.5 Å². The third-order valence-corrected chi connectivity index (χ3v) is 2.39. The number of aromatic carboxylic acids is 1. The monoisotopic (exact) mass is 262 g/mol. The fourth-order valence-corrected chi connectivity index (χ4v) is 1.55. The molecule has 0 aliphatic heterocycles. The van der Waals surface area contributed by atoms with Crippen LogP contribution in [0.1, 0.15) is 21.0 Å². The van der Waals surface area contributed by atoms with Crippen molar-refractivity contribution in [3.05, 3.63) is 35.9 Å². The fraction of sp³-hybridized carbons (Fsp3) is 0.0909. The Morgan fingerprint density at radius 1 is 1.42 bits per heavy atom. The third kappa shape index (κ3) is 2.23. The van der Waals surface area contributed by atoms with E-state index >= 15 is 0 Å². The molecule has 0 spiro atoms. The highest BCUT2D eigenvalue weighted by molar-refractivity contribution is 5.94. The maximum Gasteiger partial charge on any atom is 0.377 e. The van der Waals surface area contributed by atoms with E-state index in [4.69, 9.17) is 10.8 Å². The van der Waals surface area contributed by atoms with E-state index in [1.807, 2.05) is 0 Å². The summed E-state index contributed by atoms with van der Waals surface area (Å²) < 4.78 is 5.60. The van der Waals surface area contributed by atoms with Crippen LogP contribution in [0, 0.1) is 0 Å². The van der Waals surface area contributed by atoms with E-state index in [0.717, 1.165) is 4.68 Å². The number of methoxy groups -OCH3 is 1. The minimum atomic E-state index is -1.16. The number of carboxylic acid groups (broad SMARTS) is 1. The lowest BCUT2D eigenvalue weighted by atomic mass is 10.1. The van der Waals surface area contributed by atoms with Gasteiger partial charge in [-0.1, -0.05) is 6.07 Å². The van der Waals surface area contributed by atoms with Crippen LogP contribution in [0.5, 0.6) is 0 Å². The van der Waals surface area contributed by atoms with Gasteiger partial charge in [0.15, 0.2) is 0 Å². The number of carboxylic acids is 1. The van der Waals surface area contributed by atoms with E-state index in [9.17, 15) is 9.59 Å². The maximum atomic E-state index is 11.3. The van der Waals surface area contributed by atoms with Crippen molar-refractivity contribution >= 4 is 17.6 Å². The van der Waals surface area contributed by atoms with Crippen molar-refractivity contribution in [3.63, 3.8) is 0 Å². The van der Waals surface area contributed by atoms with Crippen LogP contribution in [0.2, 0.25) is 0 Å². The van der Waals surface area contributed by atoms with Gasteiger partial charge in [-0.2, -0.15) is 0 Å². The van der Waals surface area contributed by atoms with E-state index in [1.54, 1.807) is 0 Å². The Hall–Kier alpha value is -2.90. The first-order chi connectivity index (χ1) is 9.04. The molecular formula is C11H10N4O4. The quantitative estimate of drug-likeness (QED) is 0.604. The summed E-state index contributed by atoms with van der Waals surface area (Å²) in [7, 11) is 1.20. The summed E-state index contributed by atoms with van der Waals surface area (Å²) in [5, 5.41) is 12.9. The number of anilines is 1. The van der Waals surface area contributed by atoms with Crippen LogP contribution in [-0.4, -0.2) is 38.9 Å². The Morgan fingerprint density at radius 2 is 2.16 bits per heavy atom. The van der Waals surface area contributed by atoms with Gasteiger partial charge in [-0.3, -0.25) is 0 Å². The summed E-state index contributed by atoms with van der Waals surface area (Å²) in [4.78, 5) is 26.1. The Balaban J connectivity index is 2.56. The molecule has 1 aromatic heterocycles. The highest BCUT2D eigenvalue weighted by Gasteiger charge is 2.18. The van der Waals surface area contributed by atoms with Gasteiger partial charge in [0, 0.05) is 0 Å². The summed E-state index contributed by atoms with van der Waals surface area (Å²) in [6.07, 6.45) is 1.20. The molecule has 2 rings (SSSR count). The number of hydrogen-bond donors (Lipinski definition) is 2. The SMILES string of the molecule is COC(=O)c1ncn(-c2c(N)cccc2C(=O)O)n1. The van der Waals surface area contributed by atoms with E-state index in [-0.39, 0.29) is 22.8 Å². The number of carbonyl (C=O) groups excluding carboxylic acids is 1. The topological polar surface area (TPSA) is 120 Å². The van der Waals surface area contributed by atoms with Gasteiger partial charge in [-0.25, -0.2) is 19.3 Å². The number of nitrogen functional groups attached to an aromatic ring is 1. The standard InChI is InChI=1S/C11H10N4O4/c1-19-11(18)9-13-5-15(14-9)8-6(10(16)17)3-2-4-7(8)12/h2-5H,12H2,1H3,(H,16,17). The van der Waals surface area contributed by atoms with Crippen LogP contribution >= 0.6 is 0 Å². The molecular weight excluding hydrogens is 252 g/mol. The van der Waals surface area contributed by atoms with Crippen LogP contribution in [0.25, 0.3) is 5.69 Å². The number of para-hydroxylation sites is 1. The number of rotatable bonds is 3. The molecule has 0 aliphatic carbocycles. The number of benzene rings is 1. The molecule has 8 heteroatoms. The van der Waals surface area contributed by atoms with Crippen LogP contribution < -0.4 is 5.73 Å². The van der Waals surface area contributed by atoms with Crippen molar-refractivity contribution in [2.45, 2.75) is 0 Å². The lowest BCUT2D eigenvalue weighted by Crippen LogP contribution is -2.10. The lowest BCUT2D eigenvalue weighted by molar-refractivity contribution is 0.0586. The number of aromatic nitrogens is 3. The van der Waals surface area contributed by atoms with E-state index in [2.05, 4.69) is 14.8 Å². The predicted octanol–water partition coefficient (Wildman–Crippen LogP) is 0.334. The summed E-state index contributed by atoms with van der Waals surface area (Å²) >= 11 is 0. The molecule has 1 heterocycles. The summed E-state index contributed by atoms with van der Waals surface area (Å²) in [6, 6.07) is 4.43. The fourth-order valence-electron chi connectivity index (χ4n) is 1.55. The molecule has 2 aromatic rings. The average Bonchev–Trinajstić information content (AvgIpc) is 2.86. The summed E-state index contributed by atoms with van der Waals surface area (Å²) in [5.41, 5.74) is 6.06. The van der Waals surface area contributed by atoms with Gasteiger partial charge in [0.05, 0.1) is 18.4 Å². The van der Waals surface area contributed by atoms with Gasteiger partial charge in [0.2, 0.25) is 0 Å². The first kappa shape index (κ1) is 12.6. The number of nitrogens with two attached hydrogens (primary N) is 1. The zero-order chi connectivity index (χ0) is 14.0. The molecule has 19 heavy (non-hydrogen) atoms. The van der Waals surface area contributed by atoms with Crippen LogP contribution in [0.4, 0.5) is 5.69 Å². The normalized spacial score (nSPS) is 10.2. The van der Waals surface area contributed by atoms with Gasteiger partial charge >= 0.3 is 11.9 Å². The van der Waals surface area contributed by atoms with E-state index in [1.165, 1.54) is 31.6 Å². The number of ether oxygens (including phenoxy) is 1.